The Morgan fingerprint density at radius 1 is 0.973 bits per heavy atom. The Morgan fingerprint density at radius 3 is 2.19 bits per heavy atom. The van der Waals surface area contributed by atoms with Crippen LogP contribution in [0, 0.1) is 0 Å². The number of aliphatic carboxylic acids is 2. The molecule has 1 aromatic rings. The molecule has 4 atom stereocenters. The molecule has 1 aromatic heterocycles. The third-order valence-electron chi connectivity index (χ3n) is 5.42. The van der Waals surface area contributed by atoms with E-state index in [4.69, 9.17) is 16.6 Å². The van der Waals surface area contributed by atoms with Crippen molar-refractivity contribution in [3.8, 4) is 0 Å². The van der Waals surface area contributed by atoms with Gasteiger partial charge in [-0.1, -0.05) is 6.42 Å². The molecule has 15 heteroatoms. The molecule has 0 spiro atoms. The van der Waals surface area contributed by atoms with Crippen LogP contribution in [0.25, 0.3) is 0 Å². The number of thioether (sulfide) groups is 1. The van der Waals surface area contributed by atoms with E-state index in [1.165, 1.54) is 24.3 Å². The number of nitrogens with two attached hydrogens (primary N) is 2. The molecule has 1 heterocycles. The Balaban J connectivity index is 2.98. The maximum absolute atomic E-state index is 13.2. The van der Waals surface area contributed by atoms with Gasteiger partial charge in [0.2, 0.25) is 17.7 Å². The molecule has 0 saturated heterocycles. The minimum atomic E-state index is -1.44. The third-order valence-corrected chi connectivity index (χ3v) is 6.07. The third kappa shape index (κ3) is 12.6. The van der Waals surface area contributed by atoms with Crippen LogP contribution in [0.5, 0.6) is 0 Å². The number of carboxylic acid groups (broad SMARTS) is 2. The van der Waals surface area contributed by atoms with Crippen LogP contribution in [0.4, 0.5) is 0 Å². The Bertz CT molecular complexity index is 885. The highest BCUT2D eigenvalue weighted by Gasteiger charge is 2.30. The molecule has 37 heavy (non-hydrogen) atoms. The fourth-order valence-electron chi connectivity index (χ4n) is 3.32. The molecule has 3 amide bonds. The minimum absolute atomic E-state index is 0.0420. The molecule has 0 aromatic carbocycles. The molecule has 0 aliphatic heterocycles. The van der Waals surface area contributed by atoms with Gasteiger partial charge in [0.05, 0.1) is 12.4 Å². The lowest BCUT2D eigenvalue weighted by Crippen LogP contribution is -2.57. The smallest absolute Gasteiger partial charge is 0.326 e. The van der Waals surface area contributed by atoms with Crippen LogP contribution in [-0.4, -0.2) is 92.6 Å². The molecule has 1 rings (SSSR count). The number of carbonyl (C=O) groups is 5. The van der Waals surface area contributed by atoms with Crippen molar-refractivity contribution in [3.05, 3.63) is 18.2 Å². The monoisotopic (exact) mass is 543 g/mol. The van der Waals surface area contributed by atoms with E-state index in [1.54, 1.807) is 6.26 Å². The number of nitrogens with zero attached hydrogens (tertiary/aromatic N) is 1. The maximum Gasteiger partial charge on any atom is 0.326 e. The van der Waals surface area contributed by atoms with Gasteiger partial charge in [0.15, 0.2) is 0 Å². The number of hydrogen-bond donors (Lipinski definition) is 8. The van der Waals surface area contributed by atoms with Crippen LogP contribution < -0.4 is 27.4 Å². The van der Waals surface area contributed by atoms with E-state index in [0.29, 0.717) is 37.3 Å². The second-order valence-electron chi connectivity index (χ2n) is 8.41. The van der Waals surface area contributed by atoms with E-state index in [0.717, 1.165) is 0 Å². The van der Waals surface area contributed by atoms with Crippen LogP contribution in [0.15, 0.2) is 12.5 Å². The Morgan fingerprint density at radius 2 is 1.62 bits per heavy atom. The van der Waals surface area contributed by atoms with Gasteiger partial charge in [-0.3, -0.25) is 19.2 Å². The number of carbonyl (C=O) groups excluding carboxylic acids is 3. The maximum atomic E-state index is 13.2. The lowest BCUT2D eigenvalue weighted by Gasteiger charge is -2.25. The van der Waals surface area contributed by atoms with E-state index >= 15 is 0 Å². The molecule has 0 saturated carbocycles. The zero-order chi connectivity index (χ0) is 27.8. The summed E-state index contributed by atoms with van der Waals surface area (Å²) in [6.45, 7) is 0.470. The first-order valence-electron chi connectivity index (χ1n) is 11.9. The van der Waals surface area contributed by atoms with Gasteiger partial charge in [0, 0.05) is 24.7 Å². The summed E-state index contributed by atoms with van der Waals surface area (Å²) in [6.07, 6.45) is 5.88. The Kier molecular flexibility index (Phi) is 14.9. The van der Waals surface area contributed by atoms with Crippen LogP contribution in [0.2, 0.25) is 0 Å². The number of nitrogens with one attached hydrogen (secondary N) is 4. The standard InChI is InChI=1S/C22H37N7O7S/c1-37-9-7-15(20(33)28-16(22(35)36)5-6-18(30)31)27-21(34)17(10-13-11-25-12-26-13)29-19(32)14(24)4-2-3-8-23/h11-12,14-17H,2-10,23-24H2,1H3,(H,25,26)(H,27,34)(H,28,33)(H,29,32)(H,30,31)(H,35,36). The van der Waals surface area contributed by atoms with Crippen LogP contribution in [0.3, 0.4) is 0 Å². The van der Waals surface area contributed by atoms with Gasteiger partial charge in [0.1, 0.15) is 18.1 Å². The fourth-order valence-corrected chi connectivity index (χ4v) is 3.79. The lowest BCUT2D eigenvalue weighted by atomic mass is 10.1. The number of rotatable bonds is 19. The molecule has 0 bridgehead atoms. The number of unbranched alkanes of at least 4 members (excludes halogenated alkanes) is 1. The van der Waals surface area contributed by atoms with Gasteiger partial charge >= 0.3 is 11.9 Å². The summed E-state index contributed by atoms with van der Waals surface area (Å²) in [6, 6.07) is -4.51. The van der Waals surface area contributed by atoms with E-state index in [9.17, 15) is 29.1 Å². The van der Waals surface area contributed by atoms with Gasteiger partial charge in [-0.2, -0.15) is 11.8 Å². The quantitative estimate of drug-likeness (QED) is 0.0939. The zero-order valence-electron chi connectivity index (χ0n) is 20.8. The Labute approximate surface area is 219 Å². The normalized spacial score (nSPS) is 14.1. The highest BCUT2D eigenvalue weighted by atomic mass is 32.2. The van der Waals surface area contributed by atoms with Crippen molar-refractivity contribution in [2.45, 2.75) is 69.1 Å². The van der Waals surface area contributed by atoms with Crippen LogP contribution in [0.1, 0.15) is 44.2 Å². The van der Waals surface area contributed by atoms with Gasteiger partial charge in [0.25, 0.3) is 0 Å². The number of amides is 3. The number of carboxylic acids is 2. The fraction of sp³-hybridized carbons (Fsp3) is 0.636. The molecule has 0 aliphatic carbocycles. The summed E-state index contributed by atoms with van der Waals surface area (Å²) >= 11 is 1.42. The van der Waals surface area contributed by atoms with Crippen molar-refractivity contribution in [2.24, 2.45) is 11.5 Å². The lowest BCUT2D eigenvalue weighted by molar-refractivity contribution is -0.143. The highest BCUT2D eigenvalue weighted by Crippen LogP contribution is 2.07. The van der Waals surface area contributed by atoms with Crippen molar-refractivity contribution >= 4 is 41.4 Å². The molecule has 10 N–H and O–H groups in total. The van der Waals surface area contributed by atoms with E-state index in [1.807, 2.05) is 0 Å². The van der Waals surface area contributed by atoms with Crippen molar-refractivity contribution < 1.29 is 34.2 Å². The van der Waals surface area contributed by atoms with Crippen molar-refractivity contribution in [3.63, 3.8) is 0 Å². The molecule has 4 unspecified atom stereocenters. The van der Waals surface area contributed by atoms with E-state index in [2.05, 4.69) is 25.9 Å². The minimum Gasteiger partial charge on any atom is -0.481 e. The number of aromatic nitrogens is 2. The number of imidazole rings is 1. The Hall–Kier alpha value is -3.17. The summed E-state index contributed by atoms with van der Waals surface area (Å²) in [4.78, 5) is 67.8. The number of aromatic amines is 1. The summed E-state index contributed by atoms with van der Waals surface area (Å²) in [7, 11) is 0. The molecular formula is C22H37N7O7S. The van der Waals surface area contributed by atoms with Crippen molar-refractivity contribution in [1.29, 1.82) is 0 Å². The van der Waals surface area contributed by atoms with Crippen LogP contribution >= 0.6 is 11.8 Å². The highest BCUT2D eigenvalue weighted by molar-refractivity contribution is 7.98. The largest absolute Gasteiger partial charge is 0.481 e. The van der Waals surface area contributed by atoms with Crippen molar-refractivity contribution in [2.75, 3.05) is 18.6 Å². The van der Waals surface area contributed by atoms with Crippen molar-refractivity contribution in [1.82, 2.24) is 25.9 Å². The molecule has 14 nitrogen and oxygen atoms in total. The molecular weight excluding hydrogens is 506 g/mol. The average molecular weight is 544 g/mol. The van der Waals surface area contributed by atoms with Gasteiger partial charge < -0.3 is 42.6 Å². The number of H-pyrrole nitrogens is 1. The first kappa shape index (κ1) is 31.9. The van der Waals surface area contributed by atoms with E-state index in [-0.39, 0.29) is 19.3 Å². The van der Waals surface area contributed by atoms with E-state index < -0.39 is 60.2 Å². The summed E-state index contributed by atoms with van der Waals surface area (Å²) in [5.74, 6) is -4.11. The zero-order valence-corrected chi connectivity index (χ0v) is 21.6. The first-order chi connectivity index (χ1) is 17.6. The predicted molar refractivity (Wildman–Crippen MR) is 136 cm³/mol. The predicted octanol–water partition coefficient (Wildman–Crippen LogP) is -1.43. The summed E-state index contributed by atoms with van der Waals surface area (Å²) in [5.41, 5.74) is 12.0. The molecule has 0 fully saturated rings. The summed E-state index contributed by atoms with van der Waals surface area (Å²) in [5, 5.41) is 25.7. The second-order valence-corrected chi connectivity index (χ2v) is 9.39. The molecule has 0 radical (unpaired) electrons. The second kappa shape index (κ2) is 17.3. The SMILES string of the molecule is CSCCC(NC(=O)C(Cc1cnc[nH]1)NC(=O)C(N)CCCCN)C(=O)NC(CCC(=O)O)C(=O)O. The molecule has 208 valence electrons. The average Bonchev–Trinajstić information content (AvgIpc) is 3.36. The topological polar surface area (TPSA) is 243 Å². The van der Waals surface area contributed by atoms with Crippen LogP contribution in [-0.2, 0) is 30.4 Å². The summed E-state index contributed by atoms with van der Waals surface area (Å²) < 4.78 is 0. The molecule has 0 aliphatic rings. The number of hydrogen-bond acceptors (Lipinski definition) is 9. The first-order valence-corrected chi connectivity index (χ1v) is 13.3. The van der Waals surface area contributed by atoms with Gasteiger partial charge in [-0.25, -0.2) is 9.78 Å². The van der Waals surface area contributed by atoms with Gasteiger partial charge in [-0.05, 0) is 44.2 Å². The van der Waals surface area contributed by atoms with Gasteiger partial charge in [-0.15, -0.1) is 0 Å².